The van der Waals surface area contributed by atoms with Gasteiger partial charge in [0, 0.05) is 11.9 Å². The van der Waals surface area contributed by atoms with Crippen LogP contribution in [-0.2, 0) is 10.0 Å². The molecular formula is C18H18Cl2FN5O3S2. The molecule has 13 heteroatoms. The predicted octanol–water partition coefficient (Wildman–Crippen LogP) is 4.78. The second-order valence-electron chi connectivity index (χ2n) is 6.32. The third-order valence-electron chi connectivity index (χ3n) is 4.05. The number of carbonyl (C=O) groups excluding carboxylic acids is 1. The average molecular weight is 506 g/mol. The summed E-state index contributed by atoms with van der Waals surface area (Å²) in [6.07, 6.45) is 1.70. The smallest absolute Gasteiger partial charge is 0.258 e. The van der Waals surface area contributed by atoms with E-state index in [0.717, 1.165) is 0 Å². The molecule has 3 aromatic rings. The first-order valence-corrected chi connectivity index (χ1v) is 12.4. The van der Waals surface area contributed by atoms with Gasteiger partial charge in [-0.05, 0) is 18.6 Å². The zero-order chi connectivity index (χ0) is 22.6. The molecule has 0 spiro atoms. The van der Waals surface area contributed by atoms with E-state index < -0.39 is 22.6 Å². The Hall–Kier alpha value is -2.21. The molecule has 3 N–H and O–H groups in total. The van der Waals surface area contributed by atoms with Gasteiger partial charge >= 0.3 is 0 Å². The molecule has 2 heterocycles. The molecule has 0 bridgehead atoms. The van der Waals surface area contributed by atoms with Crippen LogP contribution in [0.4, 0.5) is 21.6 Å². The number of nitrogens with one attached hydrogen (secondary N) is 3. The Morgan fingerprint density at radius 1 is 1.26 bits per heavy atom. The van der Waals surface area contributed by atoms with Crippen LogP contribution in [0.3, 0.4) is 0 Å². The molecule has 166 valence electrons. The average Bonchev–Trinajstić information content (AvgIpc) is 3.16. The molecule has 0 radical (unpaired) electrons. The van der Waals surface area contributed by atoms with Crippen LogP contribution in [0.1, 0.15) is 23.7 Å². The lowest BCUT2D eigenvalue weighted by atomic mass is 10.2. The Morgan fingerprint density at radius 3 is 2.74 bits per heavy atom. The maximum absolute atomic E-state index is 12.9. The molecule has 0 atom stereocenters. The van der Waals surface area contributed by atoms with Crippen molar-refractivity contribution >= 4 is 77.9 Å². The highest BCUT2D eigenvalue weighted by Gasteiger charge is 2.21. The van der Waals surface area contributed by atoms with Crippen molar-refractivity contribution in [2.45, 2.75) is 13.3 Å². The third-order valence-corrected chi connectivity index (χ3v) is 7.21. The van der Waals surface area contributed by atoms with Gasteiger partial charge in [-0.3, -0.25) is 9.52 Å². The number of aromatic nitrogens is 2. The van der Waals surface area contributed by atoms with E-state index in [2.05, 4.69) is 25.3 Å². The molecule has 3 rings (SSSR count). The van der Waals surface area contributed by atoms with Gasteiger partial charge in [0.2, 0.25) is 10.0 Å². The predicted molar refractivity (Wildman–Crippen MR) is 124 cm³/mol. The molecule has 0 aliphatic heterocycles. The fourth-order valence-corrected chi connectivity index (χ4v) is 5.40. The molecule has 0 saturated heterocycles. The molecule has 0 unspecified atom stereocenters. The van der Waals surface area contributed by atoms with Crippen molar-refractivity contribution < 1.29 is 17.6 Å². The largest absolute Gasteiger partial charge is 0.366 e. The summed E-state index contributed by atoms with van der Waals surface area (Å²) in [6.45, 7) is 1.25. The van der Waals surface area contributed by atoms with Crippen LogP contribution in [-0.4, -0.2) is 43.3 Å². The highest BCUT2D eigenvalue weighted by molar-refractivity contribution is 7.92. The first-order valence-electron chi connectivity index (χ1n) is 9.09. The molecule has 2 aromatic heterocycles. The van der Waals surface area contributed by atoms with Crippen molar-refractivity contribution in [3.05, 3.63) is 39.4 Å². The van der Waals surface area contributed by atoms with E-state index in [4.69, 9.17) is 23.2 Å². The second-order valence-corrected chi connectivity index (χ2v) is 9.83. The number of hydrogen-bond acceptors (Lipinski definition) is 7. The van der Waals surface area contributed by atoms with E-state index in [9.17, 15) is 17.6 Å². The summed E-state index contributed by atoms with van der Waals surface area (Å²) in [5, 5.41) is 7.15. The van der Waals surface area contributed by atoms with Crippen molar-refractivity contribution in [1.29, 1.82) is 0 Å². The van der Waals surface area contributed by atoms with Crippen LogP contribution < -0.4 is 15.4 Å². The number of rotatable bonds is 9. The van der Waals surface area contributed by atoms with Gasteiger partial charge in [-0.2, -0.15) is 0 Å². The van der Waals surface area contributed by atoms with Crippen molar-refractivity contribution in [2.75, 3.05) is 34.3 Å². The zero-order valence-electron chi connectivity index (χ0n) is 16.2. The lowest BCUT2D eigenvalue weighted by molar-refractivity contribution is 0.102. The summed E-state index contributed by atoms with van der Waals surface area (Å²) in [4.78, 5) is 21.1. The van der Waals surface area contributed by atoms with Crippen LogP contribution in [0.15, 0.2) is 23.8 Å². The maximum atomic E-state index is 12.9. The Balaban J connectivity index is 1.91. The molecule has 0 aliphatic rings. The first kappa shape index (κ1) is 23.5. The number of amides is 1. The quantitative estimate of drug-likeness (QED) is 0.385. The van der Waals surface area contributed by atoms with Gasteiger partial charge in [0.15, 0.2) is 0 Å². The zero-order valence-corrected chi connectivity index (χ0v) is 19.4. The van der Waals surface area contributed by atoms with Gasteiger partial charge in [0.25, 0.3) is 5.91 Å². The summed E-state index contributed by atoms with van der Waals surface area (Å²) in [7, 11) is -3.59. The lowest BCUT2D eigenvalue weighted by Gasteiger charge is -2.14. The fraction of sp³-hybridized carbons (Fsp3) is 0.278. The van der Waals surface area contributed by atoms with Gasteiger partial charge in [0.1, 0.15) is 18.8 Å². The standard InChI is InChI=1S/C18H18Cl2FN5O3S2/c1-2-7-31(28,29)26-12-4-3-11(19)15(13(12)20)25-18(27)10-8-30-16-14(10)23-9-24-17(16)22-6-5-21/h3-4,8-9,26H,2,5-7H2,1H3,(H,25,27)(H,22,23,24). The number of nitrogens with zero attached hydrogens (tertiary/aromatic N) is 2. The minimum Gasteiger partial charge on any atom is -0.366 e. The number of benzene rings is 1. The highest BCUT2D eigenvalue weighted by Crippen LogP contribution is 2.38. The monoisotopic (exact) mass is 505 g/mol. The van der Waals surface area contributed by atoms with E-state index in [1.54, 1.807) is 12.3 Å². The fourth-order valence-electron chi connectivity index (χ4n) is 2.72. The minimum absolute atomic E-state index is 0.0417. The molecule has 0 fully saturated rings. The SMILES string of the molecule is CCCS(=O)(=O)Nc1ccc(Cl)c(NC(=O)c2csc3c(NCCF)ncnc23)c1Cl. The van der Waals surface area contributed by atoms with E-state index in [-0.39, 0.29) is 39.3 Å². The summed E-state index contributed by atoms with van der Waals surface area (Å²) < 4.78 is 39.6. The Bertz CT molecular complexity index is 1220. The maximum Gasteiger partial charge on any atom is 0.258 e. The Kier molecular flexibility index (Phi) is 7.52. The molecule has 1 amide bonds. The van der Waals surface area contributed by atoms with E-state index in [1.165, 1.54) is 29.8 Å². The van der Waals surface area contributed by atoms with Crippen molar-refractivity contribution in [1.82, 2.24) is 9.97 Å². The van der Waals surface area contributed by atoms with Crippen molar-refractivity contribution in [2.24, 2.45) is 0 Å². The Labute approximate surface area is 192 Å². The van der Waals surface area contributed by atoms with Gasteiger partial charge < -0.3 is 10.6 Å². The normalized spacial score (nSPS) is 11.5. The first-order chi connectivity index (χ1) is 14.8. The third kappa shape index (κ3) is 5.35. The second kappa shape index (κ2) is 9.94. The minimum atomic E-state index is -3.59. The van der Waals surface area contributed by atoms with Crippen molar-refractivity contribution in [3.63, 3.8) is 0 Å². The van der Waals surface area contributed by atoms with Crippen LogP contribution in [0.2, 0.25) is 10.0 Å². The van der Waals surface area contributed by atoms with Gasteiger partial charge in [0.05, 0.1) is 43.0 Å². The van der Waals surface area contributed by atoms with Gasteiger partial charge in [-0.25, -0.2) is 22.8 Å². The summed E-state index contributed by atoms with van der Waals surface area (Å²) >= 11 is 13.8. The van der Waals surface area contributed by atoms with Crippen LogP contribution >= 0.6 is 34.5 Å². The number of halogens is 3. The summed E-state index contributed by atoms with van der Waals surface area (Å²) in [5.74, 6) is -0.193. The topological polar surface area (TPSA) is 113 Å². The summed E-state index contributed by atoms with van der Waals surface area (Å²) in [6, 6.07) is 2.85. The van der Waals surface area contributed by atoms with Gasteiger partial charge in [-0.15, -0.1) is 11.3 Å². The molecule has 0 aliphatic carbocycles. The van der Waals surface area contributed by atoms with Crippen LogP contribution in [0, 0.1) is 0 Å². The summed E-state index contributed by atoms with van der Waals surface area (Å²) in [5.41, 5.74) is 0.792. The van der Waals surface area contributed by atoms with E-state index >= 15 is 0 Å². The number of anilines is 3. The molecule has 0 saturated carbocycles. The van der Waals surface area contributed by atoms with Gasteiger partial charge in [-0.1, -0.05) is 30.1 Å². The van der Waals surface area contributed by atoms with E-state index in [1.807, 2.05) is 0 Å². The van der Waals surface area contributed by atoms with Crippen LogP contribution in [0.25, 0.3) is 10.2 Å². The number of sulfonamides is 1. The number of thiophene rings is 1. The van der Waals surface area contributed by atoms with E-state index in [0.29, 0.717) is 22.5 Å². The molecular weight excluding hydrogens is 488 g/mol. The molecule has 1 aromatic carbocycles. The number of carbonyl (C=O) groups is 1. The lowest BCUT2D eigenvalue weighted by Crippen LogP contribution is -2.17. The molecule has 8 nitrogen and oxygen atoms in total. The van der Waals surface area contributed by atoms with Crippen LogP contribution in [0.5, 0.6) is 0 Å². The highest BCUT2D eigenvalue weighted by atomic mass is 35.5. The number of fused-ring (bicyclic) bond motifs is 1. The Morgan fingerprint density at radius 2 is 2.03 bits per heavy atom. The molecule has 31 heavy (non-hydrogen) atoms. The number of hydrogen-bond donors (Lipinski definition) is 3. The van der Waals surface area contributed by atoms with Crippen molar-refractivity contribution in [3.8, 4) is 0 Å². The number of alkyl halides is 1.